The molecule has 0 radical (unpaired) electrons. The molecule has 0 unspecified atom stereocenters. The second kappa shape index (κ2) is 13.1. The van der Waals surface area contributed by atoms with Gasteiger partial charge in [-0.25, -0.2) is 13.1 Å². The smallest absolute Gasteiger partial charge is 0.324 e. The number of ether oxygens (including phenoxy) is 2. The van der Waals surface area contributed by atoms with Crippen molar-refractivity contribution in [2.75, 3.05) is 18.9 Å². The number of hydrogen-bond donors (Lipinski definition) is 1. The van der Waals surface area contributed by atoms with Crippen LogP contribution in [0.2, 0.25) is 0 Å². The molecular weight excluding hydrogens is 528 g/mol. The quantitative estimate of drug-likeness (QED) is 0.0933. The van der Waals surface area contributed by atoms with Crippen LogP contribution in [-0.2, 0) is 32.6 Å². The van der Waals surface area contributed by atoms with Crippen LogP contribution in [0.3, 0.4) is 0 Å². The van der Waals surface area contributed by atoms with E-state index in [-0.39, 0.29) is 29.6 Å². The van der Waals surface area contributed by atoms with E-state index < -0.39 is 22.0 Å². The van der Waals surface area contributed by atoms with Gasteiger partial charge in [0.05, 0.1) is 12.4 Å². The molecule has 4 rings (SSSR count). The zero-order valence-electron chi connectivity index (χ0n) is 23.4. The Morgan fingerprint density at radius 2 is 1.77 bits per heavy atom. The summed E-state index contributed by atoms with van der Waals surface area (Å²) in [4.78, 5) is 16.0. The van der Waals surface area contributed by atoms with Crippen LogP contribution in [0.5, 0.6) is 5.75 Å². The molecule has 2 aromatic carbocycles. The molecular formula is C30H40N4O5S. The summed E-state index contributed by atoms with van der Waals surface area (Å²) < 4.78 is 41.1. The van der Waals surface area contributed by atoms with Crippen molar-refractivity contribution in [3.05, 3.63) is 76.2 Å². The molecule has 0 heterocycles. The number of hydrogen-bond acceptors (Lipinski definition) is 6. The molecule has 0 aromatic heterocycles. The SMILES string of the molecule is CC1(C)C2CCC1(CS(=O)(=O)N[C@@H](Cc1ccc(OCCCCN=[N+]=[N-])cc1)C(=O)OCc1ccccc1)CC2. The van der Waals surface area contributed by atoms with Crippen LogP contribution in [0.25, 0.3) is 10.4 Å². The number of carbonyl (C=O) groups is 1. The fraction of sp³-hybridized carbons (Fsp3) is 0.567. The van der Waals surface area contributed by atoms with Crippen molar-refractivity contribution in [2.45, 2.75) is 71.4 Å². The lowest BCUT2D eigenvalue weighted by molar-refractivity contribution is -0.147. The zero-order valence-corrected chi connectivity index (χ0v) is 24.2. The molecule has 10 heteroatoms. The van der Waals surface area contributed by atoms with Gasteiger partial charge in [-0.3, -0.25) is 4.79 Å². The first-order chi connectivity index (χ1) is 19.1. The number of unbranched alkanes of at least 4 members (excludes halogenated alkanes) is 1. The van der Waals surface area contributed by atoms with E-state index in [0.717, 1.165) is 49.7 Å². The molecule has 2 aromatic rings. The molecule has 2 fully saturated rings. The average Bonchev–Trinajstić information content (AvgIpc) is 3.31. The summed E-state index contributed by atoms with van der Waals surface area (Å²) in [6.07, 6.45) is 5.60. The van der Waals surface area contributed by atoms with Crippen molar-refractivity contribution in [3.8, 4) is 5.75 Å². The highest BCUT2D eigenvalue weighted by molar-refractivity contribution is 7.89. The highest BCUT2D eigenvalue weighted by Gasteiger charge is 2.60. The molecule has 1 N–H and O–H groups in total. The second-order valence-corrected chi connectivity index (χ2v) is 13.4. The number of nitrogens with one attached hydrogen (secondary N) is 1. The van der Waals surface area contributed by atoms with Crippen LogP contribution in [0.1, 0.15) is 63.5 Å². The van der Waals surface area contributed by atoms with Crippen molar-refractivity contribution < 1.29 is 22.7 Å². The summed E-state index contributed by atoms with van der Waals surface area (Å²) in [5.74, 6) is 0.661. The van der Waals surface area contributed by atoms with Gasteiger partial charge < -0.3 is 9.47 Å². The van der Waals surface area contributed by atoms with E-state index >= 15 is 0 Å². The Bertz CT molecular complexity index is 1280. The van der Waals surface area contributed by atoms with E-state index in [1.807, 2.05) is 54.6 Å². The number of carbonyl (C=O) groups excluding carboxylic acids is 1. The predicted octanol–water partition coefficient (Wildman–Crippen LogP) is 5.95. The minimum Gasteiger partial charge on any atom is -0.494 e. The van der Waals surface area contributed by atoms with Crippen LogP contribution in [0, 0.1) is 16.7 Å². The topological polar surface area (TPSA) is 130 Å². The number of rotatable bonds is 15. The Kier molecular flexibility index (Phi) is 9.77. The van der Waals surface area contributed by atoms with Gasteiger partial charge in [-0.1, -0.05) is 61.4 Å². The van der Waals surface area contributed by atoms with Crippen molar-refractivity contribution in [1.82, 2.24) is 4.72 Å². The maximum atomic E-state index is 13.5. The molecule has 2 aliphatic rings. The zero-order chi connectivity index (χ0) is 28.6. The minimum atomic E-state index is -3.76. The van der Waals surface area contributed by atoms with Gasteiger partial charge in [-0.05, 0) is 90.5 Å². The monoisotopic (exact) mass is 568 g/mol. The molecule has 2 aliphatic carbocycles. The summed E-state index contributed by atoms with van der Waals surface area (Å²) in [6, 6.07) is 15.6. The Morgan fingerprint density at radius 3 is 2.40 bits per heavy atom. The van der Waals surface area contributed by atoms with Gasteiger partial charge in [0.1, 0.15) is 18.4 Å². The Morgan fingerprint density at radius 1 is 1.07 bits per heavy atom. The molecule has 2 saturated carbocycles. The lowest BCUT2D eigenvalue weighted by Gasteiger charge is -2.38. The first-order valence-electron chi connectivity index (χ1n) is 14.1. The van der Waals surface area contributed by atoms with Crippen LogP contribution in [0.15, 0.2) is 59.7 Å². The van der Waals surface area contributed by atoms with Crippen LogP contribution < -0.4 is 9.46 Å². The van der Waals surface area contributed by atoms with E-state index in [9.17, 15) is 13.2 Å². The number of esters is 1. The first-order valence-corrected chi connectivity index (χ1v) is 15.7. The first kappa shape index (κ1) is 29.9. The number of sulfonamides is 1. The molecule has 1 atom stereocenters. The van der Waals surface area contributed by atoms with Gasteiger partial charge in [-0.2, -0.15) is 0 Å². The summed E-state index contributed by atoms with van der Waals surface area (Å²) in [5.41, 5.74) is 9.66. The molecule has 9 nitrogen and oxygen atoms in total. The molecule has 0 spiro atoms. The summed E-state index contributed by atoms with van der Waals surface area (Å²) in [7, 11) is -3.76. The van der Waals surface area contributed by atoms with Gasteiger partial charge in [0.15, 0.2) is 0 Å². The number of benzene rings is 2. The number of azide groups is 1. The summed E-state index contributed by atoms with van der Waals surface area (Å²) in [6.45, 7) is 5.40. The lowest BCUT2D eigenvalue weighted by Crippen LogP contribution is -2.48. The molecule has 216 valence electrons. The third-order valence-corrected chi connectivity index (χ3v) is 10.6. The molecule has 40 heavy (non-hydrogen) atoms. The fourth-order valence-corrected chi connectivity index (χ4v) is 8.49. The highest BCUT2D eigenvalue weighted by atomic mass is 32.2. The van der Waals surface area contributed by atoms with E-state index in [0.29, 0.717) is 24.8 Å². The normalized spacial score (nSPS) is 21.9. The predicted molar refractivity (Wildman–Crippen MR) is 154 cm³/mol. The Balaban J connectivity index is 1.42. The van der Waals surface area contributed by atoms with Crippen molar-refractivity contribution in [1.29, 1.82) is 0 Å². The van der Waals surface area contributed by atoms with Crippen molar-refractivity contribution >= 4 is 16.0 Å². The third kappa shape index (κ3) is 7.36. The van der Waals surface area contributed by atoms with Crippen molar-refractivity contribution in [3.63, 3.8) is 0 Å². The van der Waals surface area contributed by atoms with Crippen LogP contribution in [0.4, 0.5) is 0 Å². The van der Waals surface area contributed by atoms with Gasteiger partial charge in [0, 0.05) is 11.5 Å². The van der Waals surface area contributed by atoms with E-state index in [1.165, 1.54) is 0 Å². The average molecular weight is 569 g/mol. The summed E-state index contributed by atoms with van der Waals surface area (Å²) >= 11 is 0. The van der Waals surface area contributed by atoms with Gasteiger partial charge in [-0.15, -0.1) is 0 Å². The Labute approximate surface area is 237 Å². The summed E-state index contributed by atoms with van der Waals surface area (Å²) in [5, 5.41) is 3.51. The lowest BCUT2D eigenvalue weighted by atomic mass is 9.71. The second-order valence-electron chi connectivity index (χ2n) is 11.7. The van der Waals surface area contributed by atoms with Gasteiger partial charge in [0.2, 0.25) is 10.0 Å². The maximum Gasteiger partial charge on any atom is 0.324 e. The van der Waals surface area contributed by atoms with E-state index in [4.69, 9.17) is 15.0 Å². The molecule has 0 aliphatic heterocycles. The standard InChI is InChI=1S/C30H40N4O5S/c1-29(2)25-14-16-30(29,17-15-25)22-40(36,37)33-27(28(35)39-21-24-8-4-3-5-9-24)20-23-10-12-26(13-11-23)38-19-7-6-18-32-34-31/h3-5,8-13,25,27,33H,6-7,14-22H2,1-2H3/t25?,27-,30?/m0/s1. The number of fused-ring (bicyclic) bond motifs is 2. The van der Waals surface area contributed by atoms with Gasteiger partial charge >= 0.3 is 5.97 Å². The van der Waals surface area contributed by atoms with Crippen LogP contribution >= 0.6 is 0 Å². The molecule has 0 saturated heterocycles. The number of nitrogens with zero attached hydrogens (tertiary/aromatic N) is 3. The van der Waals surface area contributed by atoms with E-state index in [2.05, 4.69) is 28.6 Å². The van der Waals surface area contributed by atoms with Crippen LogP contribution in [-0.4, -0.2) is 39.3 Å². The van der Waals surface area contributed by atoms with Gasteiger partial charge in [0.25, 0.3) is 0 Å². The van der Waals surface area contributed by atoms with Crippen molar-refractivity contribution in [2.24, 2.45) is 21.9 Å². The largest absolute Gasteiger partial charge is 0.494 e. The molecule has 2 bridgehead atoms. The Hall–Kier alpha value is -3.07. The fourth-order valence-electron chi connectivity index (χ4n) is 6.40. The molecule has 0 amide bonds. The maximum absolute atomic E-state index is 13.5. The minimum absolute atomic E-state index is 0.0262. The highest BCUT2D eigenvalue weighted by Crippen LogP contribution is 2.66. The third-order valence-electron chi connectivity index (χ3n) is 8.97. The van der Waals surface area contributed by atoms with E-state index in [1.54, 1.807) is 0 Å².